The van der Waals surface area contributed by atoms with Crippen LogP contribution in [0.2, 0.25) is 0 Å². The van der Waals surface area contributed by atoms with Crippen LogP contribution in [-0.4, -0.2) is 24.8 Å². The lowest BCUT2D eigenvalue weighted by atomic mass is 10.1. The highest BCUT2D eigenvalue weighted by atomic mass is 16.5. The molecular formula is C14H22N2O. The second kappa shape index (κ2) is 5.52. The predicted molar refractivity (Wildman–Crippen MR) is 71.2 cm³/mol. The van der Waals surface area contributed by atoms with Gasteiger partial charge in [0.25, 0.3) is 0 Å². The second-order valence-electron chi connectivity index (χ2n) is 4.92. The molecule has 0 bridgehead atoms. The average molecular weight is 234 g/mol. The highest BCUT2D eigenvalue weighted by Gasteiger charge is 2.28. The van der Waals surface area contributed by atoms with Crippen molar-refractivity contribution in [1.82, 2.24) is 0 Å². The van der Waals surface area contributed by atoms with Gasteiger partial charge in [-0.15, -0.1) is 0 Å². The molecule has 1 aromatic rings. The molecule has 0 spiro atoms. The molecule has 2 rings (SSSR count). The summed E-state index contributed by atoms with van der Waals surface area (Å²) in [5.41, 5.74) is 8.22. The summed E-state index contributed by atoms with van der Waals surface area (Å²) in [6, 6.07) is 8.61. The van der Waals surface area contributed by atoms with E-state index in [0.29, 0.717) is 12.6 Å². The van der Waals surface area contributed by atoms with Crippen LogP contribution >= 0.6 is 0 Å². The van der Waals surface area contributed by atoms with Gasteiger partial charge in [-0.2, -0.15) is 0 Å². The molecule has 1 aromatic carbocycles. The van der Waals surface area contributed by atoms with Crippen molar-refractivity contribution in [3.05, 3.63) is 29.8 Å². The van der Waals surface area contributed by atoms with Crippen LogP contribution in [0.4, 0.5) is 5.69 Å². The van der Waals surface area contributed by atoms with Gasteiger partial charge in [-0.1, -0.05) is 17.7 Å². The molecule has 1 saturated heterocycles. The van der Waals surface area contributed by atoms with Crippen molar-refractivity contribution in [2.45, 2.75) is 44.9 Å². The van der Waals surface area contributed by atoms with E-state index < -0.39 is 0 Å². The Morgan fingerprint density at radius 3 is 2.59 bits per heavy atom. The van der Waals surface area contributed by atoms with E-state index >= 15 is 0 Å². The Hall–Kier alpha value is -1.06. The first kappa shape index (κ1) is 12.4. The van der Waals surface area contributed by atoms with Gasteiger partial charge in [0, 0.05) is 12.2 Å². The van der Waals surface area contributed by atoms with Gasteiger partial charge in [0.1, 0.15) is 0 Å². The van der Waals surface area contributed by atoms with Gasteiger partial charge in [-0.25, -0.2) is 0 Å². The van der Waals surface area contributed by atoms with Gasteiger partial charge in [0.2, 0.25) is 0 Å². The minimum Gasteiger partial charge on any atom is -0.378 e. The van der Waals surface area contributed by atoms with Gasteiger partial charge >= 0.3 is 0 Å². The van der Waals surface area contributed by atoms with Crippen LogP contribution in [0.25, 0.3) is 0 Å². The molecule has 1 aliphatic rings. The Morgan fingerprint density at radius 1 is 1.35 bits per heavy atom. The van der Waals surface area contributed by atoms with Crippen LogP contribution in [-0.2, 0) is 4.74 Å². The average Bonchev–Trinajstić information content (AvgIpc) is 2.75. The first-order valence-electron chi connectivity index (χ1n) is 6.38. The van der Waals surface area contributed by atoms with E-state index in [9.17, 15) is 0 Å². The number of nitrogens with two attached hydrogens (primary N) is 1. The molecule has 0 radical (unpaired) electrons. The normalized spacial score (nSPS) is 25.8. The van der Waals surface area contributed by atoms with Crippen molar-refractivity contribution in [3.63, 3.8) is 0 Å². The van der Waals surface area contributed by atoms with Crippen molar-refractivity contribution in [1.29, 1.82) is 0 Å². The van der Waals surface area contributed by atoms with E-state index in [1.165, 1.54) is 5.56 Å². The Kier molecular flexibility index (Phi) is 4.02. The summed E-state index contributed by atoms with van der Waals surface area (Å²) in [6.45, 7) is 4.82. The molecule has 3 heteroatoms. The molecular weight excluding hydrogens is 212 g/mol. The molecule has 3 N–H and O–H groups in total. The number of hydrogen-bond donors (Lipinski definition) is 2. The van der Waals surface area contributed by atoms with E-state index in [4.69, 9.17) is 10.5 Å². The molecule has 3 nitrogen and oxygen atoms in total. The SMILES string of the molecule is Cc1ccc(NC(CN)C2CCC(C)O2)cc1. The molecule has 3 unspecified atom stereocenters. The molecule has 1 aliphatic heterocycles. The van der Waals surface area contributed by atoms with Gasteiger partial charge in [0.15, 0.2) is 0 Å². The summed E-state index contributed by atoms with van der Waals surface area (Å²) in [6.07, 6.45) is 2.85. The van der Waals surface area contributed by atoms with Crippen molar-refractivity contribution in [2.24, 2.45) is 5.73 Å². The molecule has 94 valence electrons. The summed E-state index contributed by atoms with van der Waals surface area (Å²) in [5, 5.41) is 3.47. The number of rotatable bonds is 4. The molecule has 0 aliphatic carbocycles. The van der Waals surface area contributed by atoms with Crippen molar-refractivity contribution < 1.29 is 4.74 Å². The zero-order chi connectivity index (χ0) is 12.3. The molecule has 3 atom stereocenters. The maximum Gasteiger partial charge on any atom is 0.0792 e. The van der Waals surface area contributed by atoms with Crippen molar-refractivity contribution in [3.8, 4) is 0 Å². The quantitative estimate of drug-likeness (QED) is 0.840. The molecule has 1 heterocycles. The maximum absolute atomic E-state index is 5.87. The Labute approximate surface area is 103 Å². The van der Waals surface area contributed by atoms with Gasteiger partial charge in [-0.05, 0) is 38.8 Å². The summed E-state index contributed by atoms with van der Waals surface area (Å²) in [7, 11) is 0. The summed E-state index contributed by atoms with van der Waals surface area (Å²) in [4.78, 5) is 0. The van der Waals surface area contributed by atoms with Crippen LogP contribution in [0.5, 0.6) is 0 Å². The minimum atomic E-state index is 0.211. The highest BCUT2D eigenvalue weighted by Crippen LogP contribution is 2.23. The van der Waals surface area contributed by atoms with E-state index in [0.717, 1.165) is 18.5 Å². The number of nitrogens with one attached hydrogen (secondary N) is 1. The fourth-order valence-corrected chi connectivity index (χ4v) is 2.30. The second-order valence-corrected chi connectivity index (χ2v) is 4.92. The first-order valence-corrected chi connectivity index (χ1v) is 6.38. The zero-order valence-corrected chi connectivity index (χ0v) is 10.6. The Morgan fingerprint density at radius 2 is 2.06 bits per heavy atom. The zero-order valence-electron chi connectivity index (χ0n) is 10.6. The van der Waals surface area contributed by atoms with E-state index in [-0.39, 0.29) is 12.1 Å². The summed E-state index contributed by atoms with van der Waals surface area (Å²) in [5.74, 6) is 0. The van der Waals surface area contributed by atoms with Crippen molar-refractivity contribution in [2.75, 3.05) is 11.9 Å². The van der Waals surface area contributed by atoms with Crippen LogP contribution in [0.1, 0.15) is 25.3 Å². The third kappa shape index (κ3) is 3.20. The number of ether oxygens (including phenoxy) is 1. The number of hydrogen-bond acceptors (Lipinski definition) is 3. The standard InChI is InChI=1S/C14H22N2O/c1-10-3-6-12(7-4-10)16-13(9-15)14-8-5-11(2)17-14/h3-4,6-7,11,13-14,16H,5,8-9,15H2,1-2H3. The largest absolute Gasteiger partial charge is 0.378 e. The number of anilines is 1. The molecule has 0 aromatic heterocycles. The lowest BCUT2D eigenvalue weighted by Crippen LogP contribution is -2.40. The highest BCUT2D eigenvalue weighted by molar-refractivity contribution is 5.45. The number of aryl methyl sites for hydroxylation is 1. The predicted octanol–water partition coefficient (Wildman–Crippen LogP) is 2.30. The molecule has 1 fully saturated rings. The monoisotopic (exact) mass is 234 g/mol. The first-order chi connectivity index (χ1) is 8.19. The summed E-state index contributed by atoms with van der Waals surface area (Å²) >= 11 is 0. The minimum absolute atomic E-state index is 0.211. The molecule has 17 heavy (non-hydrogen) atoms. The lowest BCUT2D eigenvalue weighted by molar-refractivity contribution is 0.0460. The van der Waals surface area contributed by atoms with Crippen LogP contribution < -0.4 is 11.1 Å². The fraction of sp³-hybridized carbons (Fsp3) is 0.571. The van der Waals surface area contributed by atoms with E-state index in [1.54, 1.807) is 0 Å². The van der Waals surface area contributed by atoms with Crippen LogP contribution in [0.3, 0.4) is 0 Å². The topological polar surface area (TPSA) is 47.3 Å². The van der Waals surface area contributed by atoms with Gasteiger partial charge in [0.05, 0.1) is 18.2 Å². The smallest absolute Gasteiger partial charge is 0.0792 e. The van der Waals surface area contributed by atoms with Crippen molar-refractivity contribution >= 4 is 5.69 Å². The Balaban J connectivity index is 1.97. The van der Waals surface area contributed by atoms with Gasteiger partial charge in [-0.3, -0.25) is 0 Å². The summed E-state index contributed by atoms with van der Waals surface area (Å²) < 4.78 is 5.87. The molecule has 0 saturated carbocycles. The fourth-order valence-electron chi connectivity index (χ4n) is 2.30. The maximum atomic E-state index is 5.87. The third-order valence-electron chi connectivity index (χ3n) is 3.37. The van der Waals surface area contributed by atoms with Gasteiger partial charge < -0.3 is 15.8 Å². The third-order valence-corrected chi connectivity index (χ3v) is 3.37. The van der Waals surface area contributed by atoms with E-state index in [1.807, 2.05) is 0 Å². The number of benzene rings is 1. The Bertz CT molecular complexity index is 350. The molecule has 0 amide bonds. The van der Waals surface area contributed by atoms with E-state index in [2.05, 4.69) is 43.4 Å². The lowest BCUT2D eigenvalue weighted by Gasteiger charge is -2.24. The van der Waals surface area contributed by atoms with Crippen LogP contribution in [0, 0.1) is 6.92 Å². The van der Waals surface area contributed by atoms with Crippen LogP contribution in [0.15, 0.2) is 24.3 Å².